The van der Waals surface area contributed by atoms with Crippen LogP contribution in [0, 0.1) is 0 Å². The molecule has 1 saturated heterocycles. The SMILES string of the molecule is CCCCCCCCCCCCCCCCC/C=C/[C@@H](O)[C@H](CO[C@@H]1O[C@H](CO)[C@H](O)C(O)C1O)NC(=O)CCCCCCCCCCCCCCCCCCCCCCCCCCCCCCC. The molecule has 410 valence electrons. The van der Waals surface area contributed by atoms with Crippen molar-refractivity contribution in [2.45, 2.75) is 352 Å². The lowest BCUT2D eigenvalue weighted by molar-refractivity contribution is -0.302. The van der Waals surface area contributed by atoms with E-state index in [4.69, 9.17) is 9.47 Å². The van der Waals surface area contributed by atoms with Gasteiger partial charge in [0.15, 0.2) is 6.29 Å². The summed E-state index contributed by atoms with van der Waals surface area (Å²) in [4.78, 5) is 13.1. The van der Waals surface area contributed by atoms with Crippen LogP contribution >= 0.6 is 0 Å². The van der Waals surface area contributed by atoms with Gasteiger partial charge in [-0.3, -0.25) is 4.79 Å². The van der Waals surface area contributed by atoms with E-state index in [1.54, 1.807) is 6.08 Å². The van der Waals surface area contributed by atoms with E-state index in [-0.39, 0.29) is 12.5 Å². The molecular weight excluding hydrogens is 863 g/mol. The van der Waals surface area contributed by atoms with E-state index in [1.807, 2.05) is 6.08 Å². The summed E-state index contributed by atoms with van der Waals surface area (Å²) < 4.78 is 11.3. The van der Waals surface area contributed by atoms with Crippen LogP contribution in [0.3, 0.4) is 0 Å². The zero-order valence-corrected chi connectivity index (χ0v) is 45.6. The maximum absolute atomic E-state index is 13.1. The minimum atomic E-state index is -1.56. The van der Waals surface area contributed by atoms with Crippen molar-refractivity contribution in [1.82, 2.24) is 5.32 Å². The Labute approximate surface area is 426 Å². The number of aliphatic hydroxyl groups excluding tert-OH is 5. The van der Waals surface area contributed by atoms with E-state index >= 15 is 0 Å². The van der Waals surface area contributed by atoms with Crippen LogP contribution in [0.15, 0.2) is 12.2 Å². The van der Waals surface area contributed by atoms with E-state index in [0.29, 0.717) is 6.42 Å². The normalized spacial score (nSPS) is 19.4. The molecule has 1 aliphatic heterocycles. The molecule has 1 aliphatic rings. The number of hydrogen-bond donors (Lipinski definition) is 6. The number of aliphatic hydroxyl groups is 5. The Balaban J connectivity index is 2.14. The van der Waals surface area contributed by atoms with E-state index in [9.17, 15) is 30.3 Å². The molecule has 0 aromatic rings. The lowest BCUT2D eigenvalue weighted by Crippen LogP contribution is -2.60. The quantitative estimate of drug-likeness (QED) is 0.0261. The Hall–Kier alpha value is -1.07. The summed E-state index contributed by atoms with van der Waals surface area (Å²) >= 11 is 0. The topological polar surface area (TPSA) is 149 Å². The lowest BCUT2D eigenvalue weighted by atomic mass is 9.99. The average molecular weight is 981 g/mol. The van der Waals surface area contributed by atoms with E-state index < -0.39 is 49.5 Å². The molecule has 0 radical (unpaired) electrons. The summed E-state index contributed by atoms with van der Waals surface area (Å²) in [6.45, 7) is 3.82. The molecule has 69 heavy (non-hydrogen) atoms. The number of nitrogens with one attached hydrogen (secondary N) is 1. The molecule has 0 aromatic heterocycles. The van der Waals surface area contributed by atoms with Crippen molar-refractivity contribution >= 4 is 5.91 Å². The van der Waals surface area contributed by atoms with Gasteiger partial charge in [-0.1, -0.05) is 296 Å². The minimum absolute atomic E-state index is 0.169. The highest BCUT2D eigenvalue weighted by molar-refractivity contribution is 5.76. The molecular formula is C60H117NO8. The first kappa shape index (κ1) is 65.9. The molecule has 6 N–H and O–H groups in total. The molecule has 0 aromatic carbocycles. The standard InChI is InChI=1S/C60H117NO8/c1-3-5-7-9-11-13-15-17-19-21-22-23-24-25-26-27-28-29-30-31-32-34-36-38-40-42-44-46-48-50-56(64)61-53(52-68-60-59(67)58(66)57(65)55(51-62)69-60)54(63)49-47-45-43-41-39-37-35-33-20-18-16-14-12-10-8-6-4-2/h47,49,53-55,57-60,62-63,65-67H,3-46,48,50-52H2,1-2H3,(H,61,64)/b49-47+/t53-,54+,55+,57-,58?,59?,60+/m0/s1. The zero-order chi connectivity index (χ0) is 50.1. The number of carbonyl (C=O) groups is 1. The van der Waals surface area contributed by atoms with Gasteiger partial charge in [0.05, 0.1) is 25.4 Å². The van der Waals surface area contributed by atoms with Crippen LogP contribution in [0.2, 0.25) is 0 Å². The van der Waals surface area contributed by atoms with Crippen molar-refractivity contribution in [3.8, 4) is 0 Å². The molecule has 0 spiro atoms. The van der Waals surface area contributed by atoms with Crippen LogP contribution in [0.5, 0.6) is 0 Å². The maximum atomic E-state index is 13.1. The fourth-order valence-electron chi connectivity index (χ4n) is 10.0. The Bertz CT molecular complexity index is 1090. The fourth-order valence-corrected chi connectivity index (χ4v) is 10.0. The number of hydrogen-bond acceptors (Lipinski definition) is 8. The van der Waals surface area contributed by atoms with Gasteiger partial charge < -0.3 is 40.3 Å². The van der Waals surface area contributed by atoms with Crippen LogP contribution in [-0.2, 0) is 14.3 Å². The van der Waals surface area contributed by atoms with Crippen molar-refractivity contribution in [2.75, 3.05) is 13.2 Å². The number of ether oxygens (including phenoxy) is 2. The first-order chi connectivity index (χ1) is 33.8. The molecule has 0 bridgehead atoms. The molecule has 1 rings (SSSR count). The van der Waals surface area contributed by atoms with Crippen LogP contribution in [0.25, 0.3) is 0 Å². The summed E-state index contributed by atoms with van der Waals surface area (Å²) in [7, 11) is 0. The Morgan fingerprint density at radius 3 is 1.13 bits per heavy atom. The number of unbranched alkanes of at least 4 members (excludes halogenated alkanes) is 43. The minimum Gasteiger partial charge on any atom is -0.394 e. The van der Waals surface area contributed by atoms with Crippen molar-refractivity contribution < 1.29 is 39.8 Å². The molecule has 1 heterocycles. The lowest BCUT2D eigenvalue weighted by Gasteiger charge is -2.40. The van der Waals surface area contributed by atoms with Gasteiger partial charge in [0, 0.05) is 6.42 Å². The second kappa shape index (κ2) is 50.5. The Morgan fingerprint density at radius 2 is 0.797 bits per heavy atom. The van der Waals surface area contributed by atoms with Gasteiger partial charge in [-0.2, -0.15) is 0 Å². The first-order valence-corrected chi connectivity index (χ1v) is 30.4. The Kier molecular flexibility index (Phi) is 48.2. The van der Waals surface area contributed by atoms with Gasteiger partial charge in [0.25, 0.3) is 0 Å². The van der Waals surface area contributed by atoms with Crippen LogP contribution in [0.1, 0.15) is 309 Å². The molecule has 1 amide bonds. The predicted octanol–water partition coefficient (Wildman–Crippen LogP) is 15.2. The number of amides is 1. The highest BCUT2D eigenvalue weighted by atomic mass is 16.7. The van der Waals surface area contributed by atoms with Gasteiger partial charge in [0.2, 0.25) is 5.91 Å². The summed E-state index contributed by atoms with van der Waals surface area (Å²) in [5, 5.41) is 54.5. The second-order valence-electron chi connectivity index (χ2n) is 21.5. The highest BCUT2D eigenvalue weighted by Crippen LogP contribution is 2.23. The molecule has 0 saturated carbocycles. The summed E-state index contributed by atoms with van der Waals surface area (Å²) in [6, 6.07) is -0.800. The number of rotatable bonds is 53. The summed E-state index contributed by atoms with van der Waals surface area (Å²) in [5.41, 5.74) is 0. The van der Waals surface area contributed by atoms with Gasteiger partial charge in [-0.15, -0.1) is 0 Å². The van der Waals surface area contributed by atoms with Gasteiger partial charge in [-0.05, 0) is 19.3 Å². The van der Waals surface area contributed by atoms with Crippen LogP contribution < -0.4 is 5.32 Å². The second-order valence-corrected chi connectivity index (χ2v) is 21.5. The van der Waals surface area contributed by atoms with Gasteiger partial charge >= 0.3 is 0 Å². The molecule has 9 nitrogen and oxygen atoms in total. The molecule has 0 aliphatic carbocycles. The maximum Gasteiger partial charge on any atom is 0.220 e. The first-order valence-electron chi connectivity index (χ1n) is 30.4. The van der Waals surface area contributed by atoms with Crippen LogP contribution in [0.4, 0.5) is 0 Å². The summed E-state index contributed by atoms with van der Waals surface area (Å²) in [5.74, 6) is -0.169. The smallest absolute Gasteiger partial charge is 0.220 e. The highest BCUT2D eigenvalue weighted by Gasteiger charge is 2.44. The van der Waals surface area contributed by atoms with Crippen molar-refractivity contribution in [2.24, 2.45) is 0 Å². The van der Waals surface area contributed by atoms with Crippen molar-refractivity contribution in [3.63, 3.8) is 0 Å². The van der Waals surface area contributed by atoms with E-state index in [1.165, 1.54) is 250 Å². The Morgan fingerprint density at radius 1 is 0.478 bits per heavy atom. The summed E-state index contributed by atoms with van der Waals surface area (Å²) in [6.07, 6.45) is 55.8. The third-order valence-electron chi connectivity index (χ3n) is 14.9. The predicted molar refractivity (Wildman–Crippen MR) is 291 cm³/mol. The van der Waals surface area contributed by atoms with Crippen molar-refractivity contribution in [1.29, 1.82) is 0 Å². The van der Waals surface area contributed by atoms with Gasteiger partial charge in [0.1, 0.15) is 24.4 Å². The van der Waals surface area contributed by atoms with E-state index in [2.05, 4.69) is 19.2 Å². The van der Waals surface area contributed by atoms with Gasteiger partial charge in [-0.25, -0.2) is 0 Å². The monoisotopic (exact) mass is 980 g/mol. The largest absolute Gasteiger partial charge is 0.394 e. The van der Waals surface area contributed by atoms with E-state index in [0.717, 1.165) is 38.5 Å². The third-order valence-corrected chi connectivity index (χ3v) is 14.9. The molecule has 7 atom stereocenters. The number of allylic oxidation sites excluding steroid dienone is 1. The molecule has 9 heteroatoms. The zero-order valence-electron chi connectivity index (χ0n) is 45.6. The molecule has 1 fully saturated rings. The van der Waals surface area contributed by atoms with Crippen molar-refractivity contribution in [3.05, 3.63) is 12.2 Å². The third kappa shape index (κ3) is 40.1. The number of carbonyl (C=O) groups excluding carboxylic acids is 1. The molecule has 2 unspecified atom stereocenters. The fraction of sp³-hybridized carbons (Fsp3) is 0.950. The average Bonchev–Trinajstić information content (AvgIpc) is 3.35. The van der Waals surface area contributed by atoms with Crippen LogP contribution in [-0.4, -0.2) is 87.5 Å².